The summed E-state index contributed by atoms with van der Waals surface area (Å²) in [6, 6.07) is 22.3. The molecule has 1 aliphatic heterocycles. The predicted octanol–water partition coefficient (Wildman–Crippen LogP) is 5.72. The highest BCUT2D eigenvalue weighted by atomic mass is 16.5. The van der Waals surface area contributed by atoms with Gasteiger partial charge in [0.2, 0.25) is 11.5 Å². The SMILES string of the molecule is Cc1cccc(COC2CCC3C(=O)C(Oc4ccc5ccccc5c4)=COC3C2)c1. The Hall–Kier alpha value is -3.11. The molecule has 3 aromatic rings. The lowest BCUT2D eigenvalue weighted by atomic mass is 9.80. The van der Waals surface area contributed by atoms with Crippen LogP contribution in [0.1, 0.15) is 30.4 Å². The second-order valence-electron chi connectivity index (χ2n) is 8.47. The molecule has 0 bridgehead atoms. The van der Waals surface area contributed by atoms with Crippen LogP contribution in [0.3, 0.4) is 0 Å². The van der Waals surface area contributed by atoms with E-state index in [2.05, 4.69) is 37.3 Å². The Morgan fingerprint density at radius 1 is 0.968 bits per heavy atom. The van der Waals surface area contributed by atoms with Crippen molar-refractivity contribution in [3.63, 3.8) is 0 Å². The van der Waals surface area contributed by atoms with Crippen molar-refractivity contribution in [1.82, 2.24) is 0 Å². The molecule has 158 valence electrons. The van der Waals surface area contributed by atoms with Crippen molar-refractivity contribution in [3.8, 4) is 5.75 Å². The summed E-state index contributed by atoms with van der Waals surface area (Å²) in [6.45, 7) is 2.67. The maximum absolute atomic E-state index is 13.0. The van der Waals surface area contributed by atoms with E-state index in [9.17, 15) is 4.79 Å². The molecule has 31 heavy (non-hydrogen) atoms. The van der Waals surface area contributed by atoms with Crippen molar-refractivity contribution in [2.75, 3.05) is 0 Å². The summed E-state index contributed by atoms with van der Waals surface area (Å²) in [6.07, 6.45) is 3.77. The summed E-state index contributed by atoms with van der Waals surface area (Å²) in [5.74, 6) is 0.798. The third-order valence-corrected chi connectivity index (χ3v) is 6.19. The first kappa shape index (κ1) is 19.8. The number of allylic oxidation sites excluding steroid dienone is 1. The summed E-state index contributed by atoms with van der Waals surface area (Å²) in [4.78, 5) is 13.0. The zero-order valence-corrected chi connectivity index (χ0v) is 17.6. The average molecular weight is 415 g/mol. The molecule has 0 spiro atoms. The van der Waals surface area contributed by atoms with Gasteiger partial charge in [-0.3, -0.25) is 4.79 Å². The first-order chi connectivity index (χ1) is 15.2. The van der Waals surface area contributed by atoms with E-state index in [-0.39, 0.29) is 29.7 Å². The van der Waals surface area contributed by atoms with Crippen LogP contribution in [0, 0.1) is 12.8 Å². The molecule has 4 nitrogen and oxygen atoms in total. The molecule has 0 aromatic heterocycles. The highest BCUT2D eigenvalue weighted by molar-refractivity contribution is 5.96. The number of Topliss-reactive ketones (excluding diaryl/α,β-unsaturated/α-hetero) is 1. The van der Waals surface area contributed by atoms with Gasteiger partial charge in [0.05, 0.1) is 18.6 Å². The lowest BCUT2D eigenvalue weighted by Gasteiger charge is -2.37. The topological polar surface area (TPSA) is 44.8 Å². The number of carbonyl (C=O) groups is 1. The molecule has 3 aromatic carbocycles. The van der Waals surface area contributed by atoms with Gasteiger partial charge in [-0.25, -0.2) is 0 Å². The molecule has 5 rings (SSSR count). The van der Waals surface area contributed by atoms with Crippen LogP contribution in [0.5, 0.6) is 5.75 Å². The lowest BCUT2D eigenvalue weighted by molar-refractivity contribution is -0.134. The smallest absolute Gasteiger partial charge is 0.207 e. The summed E-state index contributed by atoms with van der Waals surface area (Å²) in [7, 11) is 0. The van der Waals surface area contributed by atoms with Gasteiger partial charge in [0.1, 0.15) is 18.1 Å². The summed E-state index contributed by atoms with van der Waals surface area (Å²) in [5, 5.41) is 2.22. The van der Waals surface area contributed by atoms with Gasteiger partial charge in [0.25, 0.3) is 0 Å². The van der Waals surface area contributed by atoms with Gasteiger partial charge in [0.15, 0.2) is 0 Å². The first-order valence-electron chi connectivity index (χ1n) is 10.9. The van der Waals surface area contributed by atoms with Crippen molar-refractivity contribution < 1.29 is 19.0 Å². The lowest BCUT2D eigenvalue weighted by Crippen LogP contribution is -2.42. The highest BCUT2D eigenvalue weighted by Gasteiger charge is 2.41. The number of ketones is 1. The number of hydrogen-bond acceptors (Lipinski definition) is 4. The molecule has 0 N–H and O–H groups in total. The normalized spacial score (nSPS) is 23.1. The van der Waals surface area contributed by atoms with Crippen LogP contribution in [-0.2, 0) is 20.9 Å². The zero-order chi connectivity index (χ0) is 21.2. The minimum atomic E-state index is -0.167. The van der Waals surface area contributed by atoms with Crippen LogP contribution >= 0.6 is 0 Å². The average Bonchev–Trinajstić information content (AvgIpc) is 2.79. The first-order valence-corrected chi connectivity index (χ1v) is 10.9. The van der Waals surface area contributed by atoms with E-state index < -0.39 is 0 Å². The van der Waals surface area contributed by atoms with Crippen LogP contribution in [0.15, 0.2) is 78.8 Å². The Morgan fingerprint density at radius 2 is 1.84 bits per heavy atom. The monoisotopic (exact) mass is 414 g/mol. The standard InChI is InChI=1S/C27H26O4/c1-18-5-4-6-19(13-18)16-29-22-11-12-24-25(15-22)30-17-26(27(24)28)31-23-10-9-20-7-2-3-8-21(20)14-23/h2-10,13-14,17,22,24-25H,11-12,15-16H2,1H3. The fraction of sp³-hybridized carbons (Fsp3) is 0.296. The molecule has 1 saturated carbocycles. The second-order valence-corrected chi connectivity index (χ2v) is 8.47. The largest absolute Gasteiger partial charge is 0.493 e. The molecule has 0 amide bonds. The number of ether oxygens (including phenoxy) is 3. The van der Waals surface area contributed by atoms with E-state index in [1.165, 1.54) is 17.4 Å². The van der Waals surface area contributed by atoms with Gasteiger partial charge in [0, 0.05) is 6.42 Å². The maximum atomic E-state index is 13.0. The zero-order valence-electron chi connectivity index (χ0n) is 17.6. The van der Waals surface area contributed by atoms with Gasteiger partial charge in [-0.1, -0.05) is 60.2 Å². The molecule has 3 atom stereocenters. The number of rotatable bonds is 5. The molecule has 3 unspecified atom stereocenters. The van der Waals surface area contributed by atoms with Gasteiger partial charge < -0.3 is 14.2 Å². The quantitative estimate of drug-likeness (QED) is 0.535. The number of fused-ring (bicyclic) bond motifs is 2. The molecule has 0 saturated heterocycles. The Bertz CT molecular complexity index is 1130. The van der Waals surface area contributed by atoms with Crippen LogP contribution in [0.25, 0.3) is 10.8 Å². The van der Waals surface area contributed by atoms with Gasteiger partial charge in [-0.15, -0.1) is 0 Å². The van der Waals surface area contributed by atoms with E-state index in [1.807, 2.05) is 36.4 Å². The minimum absolute atomic E-state index is 0.0292. The molecule has 1 fully saturated rings. The highest BCUT2D eigenvalue weighted by Crippen LogP contribution is 2.35. The number of aryl methyl sites for hydroxylation is 1. The Labute approximate surface area is 182 Å². The molecule has 4 heteroatoms. The van der Waals surface area contributed by atoms with E-state index in [4.69, 9.17) is 14.2 Å². The molecular formula is C27H26O4. The fourth-order valence-corrected chi connectivity index (χ4v) is 4.53. The third kappa shape index (κ3) is 4.35. The second kappa shape index (κ2) is 8.56. The van der Waals surface area contributed by atoms with E-state index in [1.54, 1.807) is 0 Å². The van der Waals surface area contributed by atoms with Crippen molar-refractivity contribution >= 4 is 16.6 Å². The van der Waals surface area contributed by atoms with Crippen LogP contribution < -0.4 is 4.74 Å². The van der Waals surface area contributed by atoms with E-state index >= 15 is 0 Å². The molecule has 1 heterocycles. The third-order valence-electron chi connectivity index (χ3n) is 6.19. The van der Waals surface area contributed by atoms with Crippen molar-refractivity contribution in [2.24, 2.45) is 5.92 Å². The van der Waals surface area contributed by atoms with Crippen molar-refractivity contribution in [2.45, 2.75) is 45.0 Å². The predicted molar refractivity (Wildman–Crippen MR) is 120 cm³/mol. The van der Waals surface area contributed by atoms with Crippen molar-refractivity contribution in [3.05, 3.63) is 89.9 Å². The molecule has 0 radical (unpaired) electrons. The molecular weight excluding hydrogens is 388 g/mol. The van der Waals surface area contributed by atoms with Gasteiger partial charge in [-0.2, -0.15) is 0 Å². The number of carbonyl (C=O) groups excluding carboxylic acids is 1. The van der Waals surface area contributed by atoms with Crippen LogP contribution in [0.4, 0.5) is 0 Å². The van der Waals surface area contributed by atoms with Gasteiger partial charge in [-0.05, 0) is 48.2 Å². The number of hydrogen-bond donors (Lipinski definition) is 0. The van der Waals surface area contributed by atoms with E-state index in [0.29, 0.717) is 12.4 Å². The van der Waals surface area contributed by atoms with Gasteiger partial charge >= 0.3 is 0 Å². The van der Waals surface area contributed by atoms with E-state index in [0.717, 1.165) is 30.0 Å². The molecule has 1 aliphatic carbocycles. The Kier molecular flexibility index (Phi) is 5.47. The number of benzene rings is 3. The fourth-order valence-electron chi connectivity index (χ4n) is 4.53. The van der Waals surface area contributed by atoms with Crippen molar-refractivity contribution in [1.29, 1.82) is 0 Å². The summed E-state index contributed by atoms with van der Waals surface area (Å²) in [5.41, 5.74) is 2.41. The van der Waals surface area contributed by atoms with Crippen LogP contribution in [-0.4, -0.2) is 18.0 Å². The Balaban J connectivity index is 1.22. The van der Waals surface area contributed by atoms with Crippen LogP contribution in [0.2, 0.25) is 0 Å². The Morgan fingerprint density at radius 3 is 2.71 bits per heavy atom. The molecule has 2 aliphatic rings. The summed E-state index contributed by atoms with van der Waals surface area (Å²) < 4.78 is 18.0. The maximum Gasteiger partial charge on any atom is 0.207 e. The minimum Gasteiger partial charge on any atom is -0.493 e. The summed E-state index contributed by atoms with van der Waals surface area (Å²) >= 11 is 0.